The summed E-state index contributed by atoms with van der Waals surface area (Å²) in [5.74, 6) is 1.48. The van der Waals surface area contributed by atoms with Crippen molar-refractivity contribution in [2.45, 2.75) is 34.1 Å². The molecule has 1 saturated heterocycles. The minimum Gasteiger partial charge on any atom is -0.389 e. The van der Waals surface area contributed by atoms with Gasteiger partial charge in [-0.25, -0.2) is 0 Å². The number of nitrogens with two attached hydrogens (primary N) is 1. The normalized spacial score (nSPS) is 19.2. The molecule has 1 aromatic heterocycles. The van der Waals surface area contributed by atoms with E-state index < -0.39 is 0 Å². The molecule has 0 bridgehead atoms. The van der Waals surface area contributed by atoms with Gasteiger partial charge in [0.1, 0.15) is 4.99 Å². The van der Waals surface area contributed by atoms with E-state index in [2.05, 4.69) is 29.8 Å². The molecule has 3 nitrogen and oxygen atoms in total. The van der Waals surface area contributed by atoms with E-state index in [9.17, 15) is 0 Å². The van der Waals surface area contributed by atoms with Crippen LogP contribution in [0.4, 0.5) is 5.69 Å². The third-order valence-corrected chi connectivity index (χ3v) is 4.27. The Bertz CT molecular complexity index is 496. The summed E-state index contributed by atoms with van der Waals surface area (Å²) >= 11 is 5.21. The van der Waals surface area contributed by atoms with Gasteiger partial charge in [-0.15, -0.1) is 0 Å². The van der Waals surface area contributed by atoms with Crippen molar-refractivity contribution in [1.29, 1.82) is 0 Å². The molecule has 1 aliphatic rings. The molecule has 1 fully saturated rings. The fraction of sp³-hybridized carbons (Fsp3) is 0.600. The molecule has 1 aliphatic heterocycles. The summed E-state index contributed by atoms with van der Waals surface area (Å²) in [5.41, 5.74) is 9.98. The van der Waals surface area contributed by atoms with Gasteiger partial charge in [0.15, 0.2) is 0 Å². The number of aromatic nitrogens is 1. The Kier molecular flexibility index (Phi) is 4.09. The average molecular weight is 277 g/mol. The second kappa shape index (κ2) is 5.45. The fourth-order valence-electron chi connectivity index (χ4n) is 2.91. The maximum Gasteiger partial charge on any atom is 0.107 e. The van der Waals surface area contributed by atoms with E-state index in [1.165, 1.54) is 12.1 Å². The molecule has 19 heavy (non-hydrogen) atoms. The molecule has 104 valence electrons. The van der Waals surface area contributed by atoms with Gasteiger partial charge in [0.2, 0.25) is 0 Å². The van der Waals surface area contributed by atoms with Gasteiger partial charge in [-0.1, -0.05) is 26.1 Å². The first kappa shape index (κ1) is 14.3. The Hall–Kier alpha value is -1.16. The van der Waals surface area contributed by atoms with Gasteiger partial charge < -0.3 is 10.6 Å². The van der Waals surface area contributed by atoms with Crippen LogP contribution >= 0.6 is 12.2 Å². The standard InChI is InChI=1S/C15H23N3S/c1-9(2)12-5-6-18(8-12)13-7-10(3)17-11(4)14(13)15(16)19/h7,9,12H,5-6,8H2,1-4H3,(H2,16,19). The topological polar surface area (TPSA) is 42.1 Å². The zero-order chi connectivity index (χ0) is 14.2. The maximum atomic E-state index is 5.89. The van der Waals surface area contributed by atoms with Gasteiger partial charge >= 0.3 is 0 Å². The number of pyridine rings is 1. The van der Waals surface area contributed by atoms with E-state index in [0.717, 1.165) is 41.9 Å². The monoisotopic (exact) mass is 277 g/mol. The molecule has 0 saturated carbocycles. The van der Waals surface area contributed by atoms with Crippen LogP contribution in [0.15, 0.2) is 6.07 Å². The number of thiocarbonyl (C=S) groups is 1. The van der Waals surface area contributed by atoms with Gasteiger partial charge in [0, 0.05) is 24.5 Å². The van der Waals surface area contributed by atoms with Gasteiger partial charge in [-0.05, 0) is 38.2 Å². The molecular formula is C15H23N3S. The molecule has 4 heteroatoms. The number of rotatable bonds is 3. The van der Waals surface area contributed by atoms with Crippen molar-refractivity contribution in [3.8, 4) is 0 Å². The zero-order valence-corrected chi connectivity index (χ0v) is 13.0. The minimum atomic E-state index is 0.452. The third kappa shape index (κ3) is 2.89. The number of hydrogen-bond donors (Lipinski definition) is 1. The molecule has 1 aromatic rings. The van der Waals surface area contributed by atoms with Crippen LogP contribution in [0.2, 0.25) is 0 Å². The van der Waals surface area contributed by atoms with Gasteiger partial charge in [-0.2, -0.15) is 0 Å². The van der Waals surface area contributed by atoms with Gasteiger partial charge in [-0.3, -0.25) is 4.98 Å². The highest BCUT2D eigenvalue weighted by Gasteiger charge is 2.27. The van der Waals surface area contributed by atoms with Crippen molar-refractivity contribution in [1.82, 2.24) is 4.98 Å². The van der Waals surface area contributed by atoms with Crippen molar-refractivity contribution < 1.29 is 0 Å². The molecule has 0 radical (unpaired) electrons. The minimum absolute atomic E-state index is 0.452. The summed E-state index contributed by atoms with van der Waals surface area (Å²) in [4.78, 5) is 7.36. The largest absolute Gasteiger partial charge is 0.389 e. The second-order valence-corrected chi connectivity index (χ2v) is 6.29. The van der Waals surface area contributed by atoms with Crippen LogP contribution < -0.4 is 10.6 Å². The molecule has 0 amide bonds. The average Bonchev–Trinajstić information content (AvgIpc) is 2.76. The number of hydrogen-bond acceptors (Lipinski definition) is 3. The lowest BCUT2D eigenvalue weighted by Gasteiger charge is -2.24. The first-order chi connectivity index (χ1) is 8.90. The molecule has 0 aliphatic carbocycles. The lowest BCUT2D eigenvalue weighted by atomic mass is 9.95. The Morgan fingerprint density at radius 3 is 2.68 bits per heavy atom. The van der Waals surface area contributed by atoms with Crippen molar-refractivity contribution >= 4 is 22.9 Å². The predicted molar refractivity (Wildman–Crippen MR) is 84.8 cm³/mol. The summed E-state index contributed by atoms with van der Waals surface area (Å²) in [6.07, 6.45) is 1.24. The zero-order valence-electron chi connectivity index (χ0n) is 12.2. The lowest BCUT2D eigenvalue weighted by molar-refractivity contribution is 0.423. The smallest absolute Gasteiger partial charge is 0.107 e. The molecular weight excluding hydrogens is 254 g/mol. The lowest BCUT2D eigenvalue weighted by Crippen LogP contribution is -2.26. The Labute approximate surface area is 121 Å². The van der Waals surface area contributed by atoms with Crippen molar-refractivity contribution in [3.63, 3.8) is 0 Å². The Balaban J connectivity index is 2.37. The van der Waals surface area contributed by atoms with Crippen molar-refractivity contribution in [2.24, 2.45) is 17.6 Å². The maximum absolute atomic E-state index is 5.89. The highest BCUT2D eigenvalue weighted by atomic mass is 32.1. The Morgan fingerprint density at radius 2 is 2.16 bits per heavy atom. The number of nitrogens with zero attached hydrogens (tertiary/aromatic N) is 2. The molecule has 0 aromatic carbocycles. The second-order valence-electron chi connectivity index (χ2n) is 5.85. The van der Waals surface area contributed by atoms with Crippen LogP contribution in [0.3, 0.4) is 0 Å². The first-order valence-electron chi connectivity index (χ1n) is 6.93. The van der Waals surface area contributed by atoms with E-state index in [1.807, 2.05) is 13.8 Å². The van der Waals surface area contributed by atoms with Gasteiger partial charge in [0.05, 0.1) is 11.3 Å². The Morgan fingerprint density at radius 1 is 1.47 bits per heavy atom. The summed E-state index contributed by atoms with van der Waals surface area (Å²) in [6.45, 7) is 10.8. The molecule has 1 unspecified atom stereocenters. The van der Waals surface area contributed by atoms with Crippen LogP contribution in [-0.2, 0) is 0 Å². The first-order valence-corrected chi connectivity index (χ1v) is 7.34. The van der Waals surface area contributed by atoms with Crippen molar-refractivity contribution in [3.05, 3.63) is 23.0 Å². The van der Waals surface area contributed by atoms with Gasteiger partial charge in [0.25, 0.3) is 0 Å². The molecule has 2 rings (SSSR count). The summed E-state index contributed by atoms with van der Waals surface area (Å²) in [5, 5.41) is 0. The van der Waals surface area contributed by atoms with Crippen LogP contribution in [0.1, 0.15) is 37.2 Å². The van der Waals surface area contributed by atoms with E-state index in [-0.39, 0.29) is 0 Å². The summed E-state index contributed by atoms with van der Waals surface area (Å²) < 4.78 is 0. The number of anilines is 1. The molecule has 2 heterocycles. The van der Waals surface area contributed by atoms with E-state index in [4.69, 9.17) is 18.0 Å². The number of aryl methyl sites for hydroxylation is 2. The summed E-state index contributed by atoms with van der Waals surface area (Å²) in [7, 11) is 0. The predicted octanol–water partition coefficient (Wildman–Crippen LogP) is 2.81. The van der Waals surface area contributed by atoms with Crippen LogP contribution in [0.25, 0.3) is 0 Å². The highest BCUT2D eigenvalue weighted by Crippen LogP contribution is 2.31. The molecule has 2 N–H and O–H groups in total. The summed E-state index contributed by atoms with van der Waals surface area (Å²) in [6, 6.07) is 2.12. The van der Waals surface area contributed by atoms with E-state index in [0.29, 0.717) is 4.99 Å². The fourth-order valence-corrected chi connectivity index (χ4v) is 3.16. The highest BCUT2D eigenvalue weighted by molar-refractivity contribution is 7.80. The third-order valence-electron chi connectivity index (χ3n) is 4.06. The quantitative estimate of drug-likeness (QED) is 0.863. The van der Waals surface area contributed by atoms with Crippen LogP contribution in [0.5, 0.6) is 0 Å². The molecule has 1 atom stereocenters. The van der Waals surface area contributed by atoms with E-state index in [1.54, 1.807) is 0 Å². The van der Waals surface area contributed by atoms with E-state index >= 15 is 0 Å². The van der Waals surface area contributed by atoms with Crippen LogP contribution in [-0.4, -0.2) is 23.1 Å². The van der Waals surface area contributed by atoms with Crippen molar-refractivity contribution in [2.75, 3.05) is 18.0 Å². The van der Waals surface area contributed by atoms with Crippen LogP contribution in [0, 0.1) is 25.7 Å². The molecule has 0 spiro atoms. The SMILES string of the molecule is Cc1cc(N2CCC(C(C)C)C2)c(C(N)=S)c(C)n1.